The van der Waals surface area contributed by atoms with Crippen LogP contribution in [0, 0.1) is 0 Å². The van der Waals surface area contributed by atoms with Crippen molar-refractivity contribution in [3.63, 3.8) is 0 Å². The number of hydrogen-bond acceptors (Lipinski definition) is 3. The molecule has 2 N–H and O–H groups in total. The van der Waals surface area contributed by atoms with Gasteiger partial charge in [0.05, 0.1) is 16.5 Å². The molecule has 7 heteroatoms. The lowest BCUT2D eigenvalue weighted by Gasteiger charge is -2.10. The molecule has 1 aliphatic rings. The fraction of sp³-hybridized carbons (Fsp3) is 0.455. The highest BCUT2D eigenvalue weighted by atomic mass is 35.5. The van der Waals surface area contributed by atoms with Gasteiger partial charge in [0.2, 0.25) is 10.0 Å². The first-order chi connectivity index (χ1) is 8.46. The van der Waals surface area contributed by atoms with Crippen LogP contribution in [0.5, 0.6) is 0 Å². The second kappa shape index (κ2) is 5.65. The fourth-order valence-corrected chi connectivity index (χ4v) is 2.99. The molecular formula is C11H14Cl2N2O2S. The quantitative estimate of drug-likeness (QED) is 0.849. The predicted molar refractivity (Wildman–Crippen MR) is 74.9 cm³/mol. The van der Waals surface area contributed by atoms with E-state index in [1.807, 2.05) is 0 Å². The molecule has 0 bridgehead atoms. The largest absolute Gasteiger partial charge is 0.313 e. The Bertz CT molecular complexity index is 530. The van der Waals surface area contributed by atoms with E-state index in [1.165, 1.54) is 6.07 Å². The topological polar surface area (TPSA) is 58.2 Å². The van der Waals surface area contributed by atoms with Crippen LogP contribution in [0.4, 0.5) is 5.69 Å². The zero-order valence-corrected chi connectivity index (χ0v) is 11.9. The lowest BCUT2D eigenvalue weighted by molar-refractivity contribution is 0.595. The molecule has 1 aromatic carbocycles. The smallest absolute Gasteiger partial charge is 0.234 e. The third-order valence-corrected chi connectivity index (χ3v) is 4.40. The van der Waals surface area contributed by atoms with Crippen molar-refractivity contribution in [1.82, 2.24) is 5.32 Å². The minimum atomic E-state index is -3.38. The van der Waals surface area contributed by atoms with E-state index in [2.05, 4.69) is 10.0 Å². The maximum Gasteiger partial charge on any atom is 0.234 e. The molecule has 0 radical (unpaired) electrons. The summed E-state index contributed by atoms with van der Waals surface area (Å²) in [6, 6.07) is 5.15. The summed E-state index contributed by atoms with van der Waals surface area (Å²) < 4.78 is 26.0. The molecule has 1 aliphatic carbocycles. The van der Waals surface area contributed by atoms with Gasteiger partial charge in [-0.2, -0.15) is 0 Å². The third kappa shape index (κ3) is 4.31. The normalized spacial score (nSPS) is 15.7. The van der Waals surface area contributed by atoms with E-state index in [-0.39, 0.29) is 5.75 Å². The number of sulfonamides is 1. The van der Waals surface area contributed by atoms with Gasteiger partial charge in [-0.05, 0) is 31.0 Å². The molecule has 0 atom stereocenters. The van der Waals surface area contributed by atoms with E-state index in [9.17, 15) is 8.42 Å². The summed E-state index contributed by atoms with van der Waals surface area (Å²) in [5.74, 6) is 0.0302. The van der Waals surface area contributed by atoms with E-state index in [1.54, 1.807) is 12.1 Å². The van der Waals surface area contributed by atoms with Crippen molar-refractivity contribution in [3.8, 4) is 0 Å². The average molecular weight is 309 g/mol. The van der Waals surface area contributed by atoms with Crippen LogP contribution in [0.25, 0.3) is 0 Å². The summed E-state index contributed by atoms with van der Waals surface area (Å²) in [7, 11) is -3.38. The number of rotatable bonds is 6. The number of halogens is 2. The molecule has 4 nitrogen and oxygen atoms in total. The molecule has 1 aromatic rings. The van der Waals surface area contributed by atoms with Gasteiger partial charge in [-0.3, -0.25) is 4.72 Å². The number of anilines is 1. The molecule has 0 spiro atoms. The zero-order valence-electron chi connectivity index (χ0n) is 9.62. The molecular weight excluding hydrogens is 295 g/mol. The van der Waals surface area contributed by atoms with Gasteiger partial charge in [0, 0.05) is 17.6 Å². The Morgan fingerprint density at radius 1 is 1.28 bits per heavy atom. The van der Waals surface area contributed by atoms with Crippen LogP contribution in [0.15, 0.2) is 18.2 Å². The molecule has 1 saturated carbocycles. The minimum Gasteiger partial charge on any atom is -0.313 e. The molecule has 0 heterocycles. The van der Waals surface area contributed by atoms with E-state index >= 15 is 0 Å². The van der Waals surface area contributed by atoms with E-state index in [0.29, 0.717) is 28.3 Å². The number of nitrogens with one attached hydrogen (secondary N) is 2. The van der Waals surface area contributed by atoms with Crippen molar-refractivity contribution in [2.24, 2.45) is 0 Å². The van der Waals surface area contributed by atoms with Gasteiger partial charge < -0.3 is 5.32 Å². The molecule has 0 amide bonds. The van der Waals surface area contributed by atoms with Crippen LogP contribution in [0.3, 0.4) is 0 Å². The zero-order chi connectivity index (χ0) is 13.2. The van der Waals surface area contributed by atoms with Gasteiger partial charge >= 0.3 is 0 Å². The summed E-state index contributed by atoms with van der Waals surface area (Å²) in [4.78, 5) is 0. The van der Waals surface area contributed by atoms with Crippen LogP contribution < -0.4 is 10.0 Å². The maximum absolute atomic E-state index is 11.8. The monoisotopic (exact) mass is 308 g/mol. The van der Waals surface area contributed by atoms with Crippen LogP contribution in [0.2, 0.25) is 10.0 Å². The lowest BCUT2D eigenvalue weighted by atomic mass is 10.3. The fourth-order valence-electron chi connectivity index (χ4n) is 1.48. The Kier molecular flexibility index (Phi) is 4.37. The molecule has 0 aromatic heterocycles. The van der Waals surface area contributed by atoms with Crippen molar-refractivity contribution >= 4 is 38.9 Å². The van der Waals surface area contributed by atoms with Crippen LogP contribution in [-0.2, 0) is 10.0 Å². The summed E-state index contributed by atoms with van der Waals surface area (Å²) in [6.07, 6.45) is 2.27. The standard InChI is InChI=1S/C11H14Cl2N2O2S/c12-8-1-4-11(10(13)7-8)15-18(16,17)6-5-14-9-2-3-9/h1,4,7,9,14-15H,2-3,5-6H2. The maximum atomic E-state index is 11.8. The molecule has 2 rings (SSSR count). The Labute approximate surface area is 117 Å². The Morgan fingerprint density at radius 3 is 2.61 bits per heavy atom. The predicted octanol–water partition coefficient (Wildman–Crippen LogP) is 2.49. The highest BCUT2D eigenvalue weighted by Gasteiger charge is 2.21. The van der Waals surface area contributed by atoms with Crippen molar-refractivity contribution in [2.75, 3.05) is 17.0 Å². The van der Waals surface area contributed by atoms with Gasteiger partial charge in [-0.15, -0.1) is 0 Å². The highest BCUT2D eigenvalue weighted by Crippen LogP contribution is 2.26. The average Bonchev–Trinajstić information content (AvgIpc) is 3.06. The van der Waals surface area contributed by atoms with Gasteiger partial charge in [-0.25, -0.2) is 8.42 Å². The van der Waals surface area contributed by atoms with E-state index in [4.69, 9.17) is 23.2 Å². The lowest BCUT2D eigenvalue weighted by Crippen LogP contribution is -2.28. The molecule has 0 aliphatic heterocycles. The molecule has 18 heavy (non-hydrogen) atoms. The Hall–Kier alpha value is -0.490. The summed E-state index contributed by atoms with van der Waals surface area (Å²) in [6.45, 7) is 0.450. The minimum absolute atomic E-state index is 0.0302. The summed E-state index contributed by atoms with van der Waals surface area (Å²) in [5.41, 5.74) is 0.354. The van der Waals surface area contributed by atoms with Gasteiger partial charge in [0.1, 0.15) is 0 Å². The Balaban J connectivity index is 1.93. The van der Waals surface area contributed by atoms with Gasteiger partial charge in [0.15, 0.2) is 0 Å². The first kappa shape index (κ1) is 13.9. The molecule has 1 fully saturated rings. The first-order valence-electron chi connectivity index (χ1n) is 5.65. The SMILES string of the molecule is O=S(=O)(CCNC1CC1)Nc1ccc(Cl)cc1Cl. The molecule has 0 unspecified atom stereocenters. The molecule has 100 valence electrons. The van der Waals surface area contributed by atoms with E-state index < -0.39 is 10.0 Å². The first-order valence-corrected chi connectivity index (χ1v) is 8.06. The van der Waals surface area contributed by atoms with Crippen molar-refractivity contribution in [1.29, 1.82) is 0 Å². The summed E-state index contributed by atoms with van der Waals surface area (Å²) in [5, 5.41) is 3.91. The number of benzene rings is 1. The van der Waals surface area contributed by atoms with Crippen molar-refractivity contribution in [3.05, 3.63) is 28.2 Å². The van der Waals surface area contributed by atoms with Crippen molar-refractivity contribution in [2.45, 2.75) is 18.9 Å². The number of hydrogen-bond donors (Lipinski definition) is 2. The van der Waals surface area contributed by atoms with E-state index in [0.717, 1.165) is 12.8 Å². The highest BCUT2D eigenvalue weighted by molar-refractivity contribution is 7.92. The van der Waals surface area contributed by atoms with Gasteiger partial charge in [0.25, 0.3) is 0 Å². The van der Waals surface area contributed by atoms with Crippen LogP contribution in [-0.4, -0.2) is 26.8 Å². The molecule has 0 saturated heterocycles. The van der Waals surface area contributed by atoms with Crippen molar-refractivity contribution < 1.29 is 8.42 Å². The Morgan fingerprint density at radius 2 is 2.00 bits per heavy atom. The second-order valence-corrected chi connectivity index (χ2v) is 6.96. The van der Waals surface area contributed by atoms with Crippen LogP contribution >= 0.6 is 23.2 Å². The van der Waals surface area contributed by atoms with Gasteiger partial charge in [-0.1, -0.05) is 23.2 Å². The summed E-state index contributed by atoms with van der Waals surface area (Å²) >= 11 is 11.6. The third-order valence-electron chi connectivity index (χ3n) is 2.58. The van der Waals surface area contributed by atoms with Crippen LogP contribution in [0.1, 0.15) is 12.8 Å². The second-order valence-electron chi connectivity index (χ2n) is 4.27.